The van der Waals surface area contributed by atoms with Gasteiger partial charge in [0, 0.05) is 33.2 Å². The summed E-state index contributed by atoms with van der Waals surface area (Å²) in [5.74, 6) is 1.86. The topological polar surface area (TPSA) is 58.8 Å². The van der Waals surface area contributed by atoms with E-state index < -0.39 is 0 Å². The second kappa shape index (κ2) is 12.0. The Balaban J connectivity index is 1.42. The maximum atomic E-state index is 5.95. The summed E-state index contributed by atoms with van der Waals surface area (Å²) < 4.78 is 11.3. The number of ether oxygens (including phenoxy) is 1. The maximum Gasteiger partial charge on any atom is 0.190 e. The molecule has 5 nitrogen and oxygen atoms in total. The molecule has 2 N–H and O–H groups in total. The van der Waals surface area contributed by atoms with Crippen LogP contribution in [0.5, 0.6) is 0 Å². The van der Waals surface area contributed by atoms with Crippen LogP contribution < -0.4 is 10.6 Å². The number of guanidine groups is 1. The molecule has 0 amide bonds. The van der Waals surface area contributed by atoms with Crippen LogP contribution in [-0.2, 0) is 11.2 Å². The number of aliphatic imine (C=N–C) groups is 1. The van der Waals surface area contributed by atoms with Crippen LogP contribution in [-0.4, -0.2) is 38.8 Å². The molecule has 1 aliphatic rings. The first kappa shape index (κ1) is 18.8. The van der Waals surface area contributed by atoms with E-state index in [0.29, 0.717) is 6.10 Å². The standard InChI is InChI=1S/C19H33N3O2/c1-20-19(22-14-12-18-11-8-16-24-18)21-13-6-3-7-15-23-17-9-4-2-5-10-17/h8,11,16-17H,2-7,9-10,12-15H2,1H3,(H2,20,21,22). The van der Waals surface area contributed by atoms with Gasteiger partial charge in [-0.1, -0.05) is 19.3 Å². The van der Waals surface area contributed by atoms with Gasteiger partial charge >= 0.3 is 0 Å². The van der Waals surface area contributed by atoms with Crippen LogP contribution in [0.4, 0.5) is 0 Å². The highest BCUT2D eigenvalue weighted by molar-refractivity contribution is 5.79. The summed E-state index contributed by atoms with van der Waals surface area (Å²) in [6, 6.07) is 3.91. The van der Waals surface area contributed by atoms with Gasteiger partial charge in [-0.25, -0.2) is 0 Å². The molecule has 1 aromatic heterocycles. The zero-order chi connectivity index (χ0) is 16.9. The van der Waals surface area contributed by atoms with Gasteiger partial charge in [-0.3, -0.25) is 4.99 Å². The van der Waals surface area contributed by atoms with Crippen molar-refractivity contribution in [1.82, 2.24) is 10.6 Å². The van der Waals surface area contributed by atoms with Crippen molar-refractivity contribution in [2.45, 2.75) is 63.9 Å². The van der Waals surface area contributed by atoms with Crippen molar-refractivity contribution < 1.29 is 9.15 Å². The second-order valence-corrected chi connectivity index (χ2v) is 6.45. The minimum Gasteiger partial charge on any atom is -0.469 e. The molecule has 1 aliphatic carbocycles. The van der Waals surface area contributed by atoms with Crippen LogP contribution in [0, 0.1) is 0 Å². The van der Waals surface area contributed by atoms with Crippen molar-refractivity contribution in [3.8, 4) is 0 Å². The van der Waals surface area contributed by atoms with Crippen LogP contribution in [0.25, 0.3) is 0 Å². The van der Waals surface area contributed by atoms with Gasteiger partial charge in [0.1, 0.15) is 5.76 Å². The zero-order valence-electron chi connectivity index (χ0n) is 15.1. The van der Waals surface area contributed by atoms with Gasteiger partial charge < -0.3 is 19.8 Å². The van der Waals surface area contributed by atoms with Gasteiger partial charge in [0.2, 0.25) is 0 Å². The van der Waals surface area contributed by atoms with Gasteiger partial charge in [-0.2, -0.15) is 0 Å². The molecule has 0 aliphatic heterocycles. The quantitative estimate of drug-likeness (QED) is 0.390. The third kappa shape index (κ3) is 7.86. The average molecular weight is 335 g/mol. The van der Waals surface area contributed by atoms with E-state index in [-0.39, 0.29) is 0 Å². The second-order valence-electron chi connectivity index (χ2n) is 6.45. The fourth-order valence-electron chi connectivity index (χ4n) is 3.07. The molecule has 0 spiro atoms. The largest absolute Gasteiger partial charge is 0.469 e. The van der Waals surface area contributed by atoms with E-state index in [9.17, 15) is 0 Å². The number of rotatable bonds is 10. The van der Waals surface area contributed by atoms with Gasteiger partial charge in [-0.05, 0) is 44.2 Å². The fraction of sp³-hybridized carbons (Fsp3) is 0.737. The smallest absolute Gasteiger partial charge is 0.190 e. The van der Waals surface area contributed by atoms with Crippen molar-refractivity contribution in [2.75, 3.05) is 26.7 Å². The molecule has 0 atom stereocenters. The molecule has 24 heavy (non-hydrogen) atoms. The normalized spacial score (nSPS) is 16.3. The van der Waals surface area contributed by atoms with Crippen LogP contribution in [0.2, 0.25) is 0 Å². The monoisotopic (exact) mass is 335 g/mol. The number of furan rings is 1. The Morgan fingerprint density at radius 3 is 2.75 bits per heavy atom. The molecule has 0 radical (unpaired) electrons. The van der Waals surface area contributed by atoms with Gasteiger partial charge in [0.05, 0.1) is 12.4 Å². The van der Waals surface area contributed by atoms with E-state index in [1.165, 1.54) is 38.5 Å². The lowest BCUT2D eigenvalue weighted by molar-refractivity contribution is 0.0264. The van der Waals surface area contributed by atoms with E-state index in [1.54, 1.807) is 13.3 Å². The highest BCUT2D eigenvalue weighted by Gasteiger charge is 2.12. The Bertz CT molecular complexity index is 439. The first-order chi connectivity index (χ1) is 11.9. The molecule has 0 saturated heterocycles. The molecule has 136 valence electrons. The number of hydrogen-bond donors (Lipinski definition) is 2. The summed E-state index contributed by atoms with van der Waals surface area (Å²) >= 11 is 0. The van der Waals surface area contributed by atoms with Crippen molar-refractivity contribution in [3.05, 3.63) is 24.2 Å². The van der Waals surface area contributed by atoms with Crippen LogP contribution in [0.1, 0.15) is 57.1 Å². The van der Waals surface area contributed by atoms with Crippen molar-refractivity contribution in [2.24, 2.45) is 4.99 Å². The zero-order valence-corrected chi connectivity index (χ0v) is 15.1. The van der Waals surface area contributed by atoms with Gasteiger partial charge in [0.15, 0.2) is 5.96 Å². The van der Waals surface area contributed by atoms with Gasteiger partial charge in [0.25, 0.3) is 0 Å². The molecule has 0 unspecified atom stereocenters. The molecule has 1 aromatic rings. The SMILES string of the molecule is CN=C(NCCCCCOC1CCCCC1)NCCc1ccco1. The first-order valence-corrected chi connectivity index (χ1v) is 9.47. The maximum absolute atomic E-state index is 5.95. The minimum absolute atomic E-state index is 0.536. The van der Waals surface area contributed by atoms with E-state index in [0.717, 1.165) is 50.7 Å². The molecule has 0 aromatic carbocycles. The molecule has 1 saturated carbocycles. The molecular formula is C19H33N3O2. The Labute approximate surface area is 146 Å². The molecule has 1 fully saturated rings. The highest BCUT2D eigenvalue weighted by Crippen LogP contribution is 2.20. The number of hydrogen-bond acceptors (Lipinski definition) is 3. The minimum atomic E-state index is 0.536. The van der Waals surface area contributed by atoms with Crippen molar-refractivity contribution in [1.29, 1.82) is 0 Å². The Morgan fingerprint density at radius 1 is 1.17 bits per heavy atom. The van der Waals surface area contributed by atoms with Gasteiger partial charge in [-0.15, -0.1) is 0 Å². The third-order valence-electron chi connectivity index (χ3n) is 4.49. The lowest BCUT2D eigenvalue weighted by Gasteiger charge is -2.21. The molecule has 5 heteroatoms. The molecular weight excluding hydrogens is 302 g/mol. The third-order valence-corrected chi connectivity index (χ3v) is 4.49. The van der Waals surface area contributed by atoms with E-state index >= 15 is 0 Å². The molecule has 1 heterocycles. The lowest BCUT2D eigenvalue weighted by Crippen LogP contribution is -2.38. The van der Waals surface area contributed by atoms with Crippen molar-refractivity contribution >= 4 is 5.96 Å². The first-order valence-electron chi connectivity index (χ1n) is 9.47. The summed E-state index contributed by atoms with van der Waals surface area (Å²) in [5, 5.41) is 6.66. The molecule has 0 bridgehead atoms. The van der Waals surface area contributed by atoms with Crippen LogP contribution >= 0.6 is 0 Å². The lowest BCUT2D eigenvalue weighted by atomic mass is 9.98. The van der Waals surface area contributed by atoms with E-state index in [1.807, 2.05) is 12.1 Å². The van der Waals surface area contributed by atoms with E-state index in [2.05, 4.69) is 15.6 Å². The number of nitrogens with one attached hydrogen (secondary N) is 2. The van der Waals surface area contributed by atoms with Crippen LogP contribution in [0.15, 0.2) is 27.8 Å². The average Bonchev–Trinajstić information content (AvgIpc) is 3.13. The summed E-state index contributed by atoms with van der Waals surface area (Å²) in [5.41, 5.74) is 0. The fourth-order valence-corrected chi connectivity index (χ4v) is 3.07. The Hall–Kier alpha value is -1.49. The Kier molecular flexibility index (Phi) is 9.39. The summed E-state index contributed by atoms with van der Waals surface area (Å²) in [6.07, 6.45) is 13.2. The van der Waals surface area contributed by atoms with Crippen molar-refractivity contribution in [3.63, 3.8) is 0 Å². The summed E-state index contributed by atoms with van der Waals surface area (Å²) in [4.78, 5) is 4.24. The molecule has 2 rings (SSSR count). The van der Waals surface area contributed by atoms with Crippen LogP contribution in [0.3, 0.4) is 0 Å². The number of unbranched alkanes of at least 4 members (excludes halogenated alkanes) is 2. The summed E-state index contributed by atoms with van der Waals surface area (Å²) in [6.45, 7) is 2.69. The highest BCUT2D eigenvalue weighted by atomic mass is 16.5. The number of nitrogens with zero attached hydrogens (tertiary/aromatic N) is 1. The predicted octanol–water partition coefficient (Wildman–Crippen LogP) is 3.51. The summed E-state index contributed by atoms with van der Waals surface area (Å²) in [7, 11) is 1.81. The van der Waals surface area contributed by atoms with E-state index in [4.69, 9.17) is 9.15 Å². The Morgan fingerprint density at radius 2 is 2.00 bits per heavy atom. The predicted molar refractivity (Wildman–Crippen MR) is 98.5 cm³/mol.